The summed E-state index contributed by atoms with van der Waals surface area (Å²) < 4.78 is 5.24. The number of fused-ring (bicyclic) bond motifs is 1. The van der Waals surface area contributed by atoms with E-state index in [0.717, 1.165) is 21.9 Å². The monoisotopic (exact) mass is 447 g/mol. The van der Waals surface area contributed by atoms with Gasteiger partial charge in [0.15, 0.2) is 5.76 Å². The van der Waals surface area contributed by atoms with E-state index in [1.165, 1.54) is 6.26 Å². The molecule has 2 amide bonds. The minimum absolute atomic E-state index is 0.00502. The zero-order chi connectivity index (χ0) is 21.9. The van der Waals surface area contributed by atoms with Gasteiger partial charge < -0.3 is 14.2 Å². The van der Waals surface area contributed by atoms with E-state index in [1.54, 1.807) is 28.8 Å². The summed E-state index contributed by atoms with van der Waals surface area (Å²) in [7, 11) is 0. The third-order valence-corrected chi connectivity index (χ3v) is 7.18. The maximum atomic E-state index is 13.6. The minimum atomic E-state index is -0.0906. The van der Waals surface area contributed by atoms with Crippen molar-refractivity contribution in [2.45, 2.75) is 10.9 Å². The predicted octanol–water partition coefficient (Wildman–Crippen LogP) is 3.92. The Hall–Kier alpha value is -3.03. The summed E-state index contributed by atoms with van der Waals surface area (Å²) in [6, 6.07) is 21.8. The fourth-order valence-electron chi connectivity index (χ4n) is 4.35. The third-order valence-electron chi connectivity index (χ3n) is 6.04. The van der Waals surface area contributed by atoms with Crippen molar-refractivity contribution in [2.24, 2.45) is 0 Å². The van der Waals surface area contributed by atoms with Crippen LogP contribution >= 0.6 is 11.8 Å². The second-order valence-electron chi connectivity index (χ2n) is 8.01. The topological polar surface area (TPSA) is 57.0 Å². The number of nitrogens with zero attached hydrogens (tertiary/aromatic N) is 3. The number of carbonyl (C=O) groups excluding carboxylic acids is 2. The van der Waals surface area contributed by atoms with E-state index >= 15 is 0 Å². The van der Waals surface area contributed by atoms with E-state index in [4.69, 9.17) is 4.42 Å². The van der Waals surface area contributed by atoms with E-state index in [1.807, 2.05) is 41.3 Å². The minimum Gasteiger partial charge on any atom is -0.459 e. The zero-order valence-electron chi connectivity index (χ0n) is 17.7. The summed E-state index contributed by atoms with van der Waals surface area (Å²) in [5, 5.41) is 0. The molecule has 1 atom stereocenters. The Kier molecular flexibility index (Phi) is 6.01. The Bertz CT molecular complexity index is 1080. The summed E-state index contributed by atoms with van der Waals surface area (Å²) in [6.07, 6.45) is 1.51. The van der Waals surface area contributed by atoms with Gasteiger partial charge in [0.05, 0.1) is 24.5 Å². The number of para-hydroxylation sites is 1. The van der Waals surface area contributed by atoms with Crippen LogP contribution in [0.1, 0.15) is 22.2 Å². The molecule has 2 aliphatic heterocycles. The molecule has 1 saturated heterocycles. The summed E-state index contributed by atoms with van der Waals surface area (Å²) >= 11 is 1.80. The SMILES string of the molecule is O=C(c1ccco1)N1CCN(CC(=O)N2c3ccccc3SC[C@@H]2c2ccccc2)CC1. The van der Waals surface area contributed by atoms with Crippen LogP contribution in [0.3, 0.4) is 0 Å². The molecule has 0 saturated carbocycles. The lowest BCUT2D eigenvalue weighted by molar-refractivity contribution is -0.120. The molecule has 0 aliphatic carbocycles. The van der Waals surface area contributed by atoms with Gasteiger partial charge in [0.2, 0.25) is 5.91 Å². The number of amides is 2. The smallest absolute Gasteiger partial charge is 0.289 e. The Morgan fingerprint density at radius 3 is 2.41 bits per heavy atom. The second-order valence-corrected chi connectivity index (χ2v) is 9.08. The lowest BCUT2D eigenvalue weighted by Crippen LogP contribution is -2.52. The van der Waals surface area contributed by atoms with E-state index in [9.17, 15) is 9.59 Å². The molecule has 7 heteroatoms. The van der Waals surface area contributed by atoms with Gasteiger partial charge in [-0.2, -0.15) is 0 Å². The average molecular weight is 448 g/mol. The molecule has 3 aromatic rings. The third kappa shape index (κ3) is 4.18. The molecule has 32 heavy (non-hydrogen) atoms. The van der Waals surface area contributed by atoms with Gasteiger partial charge in [-0.25, -0.2) is 0 Å². The first-order valence-corrected chi connectivity index (χ1v) is 11.8. The first-order valence-electron chi connectivity index (χ1n) is 10.8. The van der Waals surface area contributed by atoms with Crippen molar-refractivity contribution in [1.82, 2.24) is 9.80 Å². The Labute approximate surface area is 191 Å². The molecular formula is C25H25N3O3S. The highest BCUT2D eigenvalue weighted by molar-refractivity contribution is 7.99. The quantitative estimate of drug-likeness (QED) is 0.607. The Morgan fingerprint density at radius 1 is 0.906 bits per heavy atom. The lowest BCUT2D eigenvalue weighted by Gasteiger charge is -2.39. The zero-order valence-corrected chi connectivity index (χ0v) is 18.5. The van der Waals surface area contributed by atoms with Gasteiger partial charge in [0, 0.05) is 36.8 Å². The summed E-state index contributed by atoms with van der Waals surface area (Å²) in [4.78, 5) is 33.1. The van der Waals surface area contributed by atoms with Gasteiger partial charge in [0.1, 0.15) is 0 Å². The highest BCUT2D eigenvalue weighted by Crippen LogP contribution is 2.43. The van der Waals surface area contributed by atoms with E-state index in [0.29, 0.717) is 38.5 Å². The van der Waals surface area contributed by atoms with Crippen molar-refractivity contribution < 1.29 is 14.0 Å². The highest BCUT2D eigenvalue weighted by atomic mass is 32.2. The molecule has 0 N–H and O–H groups in total. The van der Waals surface area contributed by atoms with Crippen molar-refractivity contribution in [3.63, 3.8) is 0 Å². The van der Waals surface area contributed by atoms with Crippen LogP contribution in [0, 0.1) is 0 Å². The van der Waals surface area contributed by atoms with E-state index < -0.39 is 0 Å². The molecule has 0 spiro atoms. The first kappa shape index (κ1) is 20.8. The number of hydrogen-bond acceptors (Lipinski definition) is 5. The van der Waals surface area contributed by atoms with Crippen LogP contribution in [0.5, 0.6) is 0 Å². The molecule has 2 aromatic carbocycles. The largest absolute Gasteiger partial charge is 0.459 e. The van der Waals surface area contributed by atoms with Gasteiger partial charge in [0.25, 0.3) is 5.91 Å². The molecule has 164 valence electrons. The van der Waals surface area contributed by atoms with Crippen molar-refractivity contribution in [1.29, 1.82) is 0 Å². The number of furan rings is 1. The molecule has 5 rings (SSSR count). The molecule has 1 aromatic heterocycles. The lowest BCUT2D eigenvalue weighted by atomic mass is 10.1. The molecule has 2 aliphatic rings. The van der Waals surface area contributed by atoms with Crippen LogP contribution in [-0.4, -0.2) is 60.1 Å². The van der Waals surface area contributed by atoms with E-state index in [2.05, 4.69) is 23.1 Å². The van der Waals surface area contributed by atoms with Crippen LogP contribution < -0.4 is 4.90 Å². The van der Waals surface area contributed by atoms with Gasteiger partial charge in [-0.15, -0.1) is 11.8 Å². The van der Waals surface area contributed by atoms with Gasteiger partial charge in [-0.05, 0) is 29.8 Å². The molecular weight excluding hydrogens is 422 g/mol. The fourth-order valence-corrected chi connectivity index (χ4v) is 5.52. The molecule has 1 fully saturated rings. The fraction of sp³-hybridized carbons (Fsp3) is 0.280. The summed E-state index contributed by atoms with van der Waals surface area (Å²) in [6.45, 7) is 2.84. The first-order chi connectivity index (χ1) is 15.7. The standard InChI is InChI=1S/C25H25N3O3S/c29-24(17-26-12-14-27(15-13-26)25(30)22-10-6-16-31-22)28-20-9-4-5-11-23(20)32-18-21(28)19-7-2-1-3-8-19/h1-11,16,21H,12-15,17-18H2/t21-/m1/s1. The molecule has 3 heterocycles. The summed E-state index contributed by atoms with van der Waals surface area (Å²) in [5.41, 5.74) is 2.13. The Balaban J connectivity index is 1.30. The Morgan fingerprint density at radius 2 is 1.66 bits per heavy atom. The van der Waals surface area contributed by atoms with Crippen LogP contribution in [0.25, 0.3) is 0 Å². The van der Waals surface area contributed by atoms with Crippen molar-refractivity contribution in [3.05, 3.63) is 84.3 Å². The number of piperazine rings is 1. The van der Waals surface area contributed by atoms with Crippen molar-refractivity contribution >= 4 is 29.3 Å². The maximum absolute atomic E-state index is 13.6. The van der Waals surface area contributed by atoms with Crippen LogP contribution in [0.4, 0.5) is 5.69 Å². The molecule has 0 bridgehead atoms. The van der Waals surface area contributed by atoms with Crippen LogP contribution in [0.2, 0.25) is 0 Å². The highest BCUT2D eigenvalue weighted by Gasteiger charge is 2.34. The molecule has 6 nitrogen and oxygen atoms in total. The second kappa shape index (κ2) is 9.22. The number of thioether (sulfide) groups is 1. The number of hydrogen-bond donors (Lipinski definition) is 0. The van der Waals surface area contributed by atoms with E-state index in [-0.39, 0.29) is 17.9 Å². The van der Waals surface area contributed by atoms with Crippen molar-refractivity contribution in [3.8, 4) is 0 Å². The number of carbonyl (C=O) groups is 2. The number of anilines is 1. The van der Waals surface area contributed by atoms with Gasteiger partial charge in [-0.1, -0.05) is 42.5 Å². The van der Waals surface area contributed by atoms with Crippen molar-refractivity contribution in [2.75, 3.05) is 43.4 Å². The number of rotatable bonds is 4. The molecule has 0 radical (unpaired) electrons. The van der Waals surface area contributed by atoms with Gasteiger partial charge >= 0.3 is 0 Å². The maximum Gasteiger partial charge on any atom is 0.289 e. The normalized spacial score (nSPS) is 18.9. The van der Waals surface area contributed by atoms with Crippen LogP contribution in [0.15, 0.2) is 82.3 Å². The predicted molar refractivity (Wildman–Crippen MR) is 125 cm³/mol. The average Bonchev–Trinajstić information content (AvgIpc) is 3.39. The van der Waals surface area contributed by atoms with Gasteiger partial charge in [-0.3, -0.25) is 14.5 Å². The molecule has 0 unspecified atom stereocenters. The summed E-state index contributed by atoms with van der Waals surface area (Å²) in [5.74, 6) is 1.20. The van der Waals surface area contributed by atoms with Crippen LogP contribution in [-0.2, 0) is 4.79 Å². The number of benzene rings is 2.